The second-order valence-electron chi connectivity index (χ2n) is 4.11. The molecule has 0 saturated carbocycles. The number of hydrogen-bond donors (Lipinski definition) is 0. The monoisotopic (exact) mass is 317 g/mol. The zero-order chi connectivity index (χ0) is 14.2. The molecule has 1 aromatic carbocycles. The number of halogens is 2. The van der Waals surface area contributed by atoms with Crippen molar-refractivity contribution in [2.45, 2.75) is 26.4 Å². The van der Waals surface area contributed by atoms with Crippen molar-refractivity contribution in [1.29, 1.82) is 0 Å². The Morgan fingerprint density at radius 3 is 2.68 bits per heavy atom. The molecule has 0 aliphatic carbocycles. The highest BCUT2D eigenvalue weighted by Crippen LogP contribution is 2.42. The lowest BCUT2D eigenvalue weighted by molar-refractivity contribution is -0.313. The molecule has 0 fully saturated rings. The Labute approximate surface area is 124 Å². The Morgan fingerprint density at radius 1 is 1.42 bits per heavy atom. The third-order valence-corrected chi connectivity index (χ3v) is 4.73. The number of carbonyl (C=O) groups is 1. The molecule has 0 N–H and O–H groups in total. The van der Waals surface area contributed by atoms with Crippen LogP contribution in [0.2, 0.25) is 10.0 Å². The van der Waals surface area contributed by atoms with Gasteiger partial charge in [0.15, 0.2) is 0 Å². The van der Waals surface area contributed by atoms with E-state index < -0.39 is 12.1 Å². The third-order valence-electron chi connectivity index (χ3n) is 2.68. The molecule has 19 heavy (non-hydrogen) atoms. The third kappa shape index (κ3) is 2.81. The normalized spacial score (nSPS) is 12.6. The molecule has 102 valence electrons. The molecular weight excluding hydrogens is 307 g/mol. The van der Waals surface area contributed by atoms with Crippen molar-refractivity contribution < 1.29 is 14.6 Å². The average Bonchev–Trinajstić information content (AvgIpc) is 2.72. The van der Waals surface area contributed by atoms with Gasteiger partial charge in [-0.05, 0) is 30.9 Å². The minimum atomic E-state index is -1.27. The van der Waals surface area contributed by atoms with E-state index in [0.29, 0.717) is 5.02 Å². The summed E-state index contributed by atoms with van der Waals surface area (Å²) < 4.78 is 6.25. The van der Waals surface area contributed by atoms with Crippen molar-refractivity contribution in [2.75, 3.05) is 0 Å². The van der Waals surface area contributed by atoms with Crippen LogP contribution in [-0.4, -0.2) is 12.1 Å². The summed E-state index contributed by atoms with van der Waals surface area (Å²) in [6, 6.07) is 3.66. The van der Waals surface area contributed by atoms with E-state index in [1.165, 1.54) is 11.3 Å². The molecule has 0 aliphatic heterocycles. The lowest BCUT2D eigenvalue weighted by Gasteiger charge is -2.19. The van der Waals surface area contributed by atoms with Crippen LogP contribution in [0, 0.1) is 6.92 Å². The molecule has 0 spiro atoms. The largest absolute Gasteiger partial charge is 0.546 e. The van der Waals surface area contributed by atoms with E-state index in [9.17, 15) is 9.90 Å². The first kappa shape index (κ1) is 14.4. The molecule has 1 atom stereocenters. The highest BCUT2D eigenvalue weighted by Gasteiger charge is 2.17. The summed E-state index contributed by atoms with van der Waals surface area (Å²) in [7, 11) is 0. The molecule has 0 radical (unpaired) electrons. The van der Waals surface area contributed by atoms with Crippen molar-refractivity contribution in [3.63, 3.8) is 0 Å². The molecule has 1 heterocycles. The number of benzene rings is 1. The minimum absolute atomic E-state index is 0.232. The van der Waals surface area contributed by atoms with Crippen LogP contribution in [0.1, 0.15) is 18.2 Å². The van der Waals surface area contributed by atoms with Gasteiger partial charge in [0, 0.05) is 4.88 Å². The first-order chi connectivity index (χ1) is 8.93. The van der Waals surface area contributed by atoms with E-state index in [0.717, 1.165) is 15.0 Å². The summed E-state index contributed by atoms with van der Waals surface area (Å²) in [5.41, 5.74) is 0. The number of aliphatic carboxylic acids is 1. The number of rotatable bonds is 4. The van der Waals surface area contributed by atoms with Crippen molar-refractivity contribution in [3.8, 4) is 5.75 Å². The van der Waals surface area contributed by atoms with E-state index >= 15 is 0 Å². The van der Waals surface area contributed by atoms with Crippen molar-refractivity contribution in [1.82, 2.24) is 0 Å². The average molecular weight is 318 g/mol. The minimum Gasteiger partial charge on any atom is -0.546 e. The van der Waals surface area contributed by atoms with Crippen LogP contribution in [0.25, 0.3) is 10.1 Å². The van der Waals surface area contributed by atoms with Crippen LogP contribution in [-0.2, 0) is 4.79 Å². The zero-order valence-electron chi connectivity index (χ0n) is 10.3. The van der Waals surface area contributed by atoms with Crippen molar-refractivity contribution in [3.05, 3.63) is 27.1 Å². The van der Waals surface area contributed by atoms with Crippen LogP contribution in [0.4, 0.5) is 0 Å². The Hall–Kier alpha value is -0.970. The molecule has 0 bridgehead atoms. The van der Waals surface area contributed by atoms with E-state index in [1.807, 2.05) is 13.0 Å². The number of carboxylic acid groups (broad SMARTS) is 1. The fraction of sp³-hybridized carbons (Fsp3) is 0.308. The van der Waals surface area contributed by atoms with Gasteiger partial charge in [0.1, 0.15) is 16.9 Å². The summed E-state index contributed by atoms with van der Waals surface area (Å²) in [4.78, 5) is 12.0. The Bertz CT molecular complexity index is 636. The van der Waals surface area contributed by atoms with E-state index in [2.05, 4.69) is 0 Å². The molecule has 6 heteroatoms. The summed E-state index contributed by atoms with van der Waals surface area (Å²) >= 11 is 13.8. The lowest BCUT2D eigenvalue weighted by atomic mass is 10.2. The van der Waals surface area contributed by atoms with E-state index in [1.54, 1.807) is 13.0 Å². The Morgan fingerprint density at radius 2 is 2.11 bits per heavy atom. The maximum atomic E-state index is 10.9. The summed E-state index contributed by atoms with van der Waals surface area (Å²) in [5, 5.41) is 12.4. The van der Waals surface area contributed by atoms with Crippen LogP contribution < -0.4 is 9.84 Å². The Balaban J connectivity index is 2.48. The molecule has 0 aliphatic rings. The first-order valence-electron chi connectivity index (χ1n) is 5.69. The molecular formula is C13H11Cl2O3S-. The maximum Gasteiger partial charge on any atom is 0.141 e. The quantitative estimate of drug-likeness (QED) is 0.868. The fourth-order valence-electron chi connectivity index (χ4n) is 1.76. The number of aryl methyl sites for hydroxylation is 1. The highest BCUT2D eigenvalue weighted by molar-refractivity contribution is 7.19. The molecule has 3 nitrogen and oxygen atoms in total. The van der Waals surface area contributed by atoms with Crippen molar-refractivity contribution in [2.24, 2.45) is 0 Å². The van der Waals surface area contributed by atoms with Crippen LogP contribution >= 0.6 is 34.5 Å². The van der Waals surface area contributed by atoms with Crippen LogP contribution in [0.5, 0.6) is 5.75 Å². The van der Waals surface area contributed by atoms with Gasteiger partial charge in [-0.2, -0.15) is 0 Å². The lowest BCUT2D eigenvalue weighted by Crippen LogP contribution is -2.39. The van der Waals surface area contributed by atoms with Gasteiger partial charge < -0.3 is 14.6 Å². The zero-order valence-corrected chi connectivity index (χ0v) is 12.7. The molecule has 2 aromatic rings. The summed E-state index contributed by atoms with van der Waals surface area (Å²) in [5.74, 6) is -0.996. The van der Waals surface area contributed by atoms with Gasteiger partial charge in [0.2, 0.25) is 0 Å². The summed E-state index contributed by atoms with van der Waals surface area (Å²) in [6.07, 6.45) is -0.748. The maximum absolute atomic E-state index is 10.9. The van der Waals surface area contributed by atoms with Gasteiger partial charge in [-0.3, -0.25) is 0 Å². The molecule has 0 saturated heterocycles. The number of fused-ring (bicyclic) bond motifs is 1. The second-order valence-corrected chi connectivity index (χ2v) is 6.12. The molecule has 1 unspecified atom stereocenters. The predicted molar refractivity (Wildman–Crippen MR) is 76.3 cm³/mol. The highest BCUT2D eigenvalue weighted by atomic mass is 35.5. The van der Waals surface area contributed by atoms with Crippen molar-refractivity contribution >= 4 is 50.6 Å². The summed E-state index contributed by atoms with van der Waals surface area (Å²) in [6.45, 7) is 3.66. The molecule has 0 amide bonds. The fourth-order valence-corrected chi connectivity index (χ4v) is 3.27. The first-order valence-corrected chi connectivity index (χ1v) is 7.27. The van der Waals surface area contributed by atoms with Gasteiger partial charge in [0.05, 0.1) is 15.7 Å². The standard InChI is InChI=1S/C13H12Cl2O3S/c1-3-8(13(16)17)18-9-5-7-4-6(2)19-12(7)11(15)10(9)14/h4-5,8H,3H2,1-2H3,(H,16,17)/p-1. The van der Waals surface area contributed by atoms with Crippen LogP contribution in [0.15, 0.2) is 12.1 Å². The SMILES string of the molecule is CCC(Oc1cc2cc(C)sc2c(Cl)c1Cl)C(=O)[O-]. The second kappa shape index (κ2) is 5.57. The smallest absolute Gasteiger partial charge is 0.141 e. The van der Waals surface area contributed by atoms with Gasteiger partial charge in [-0.1, -0.05) is 30.1 Å². The van der Waals surface area contributed by atoms with E-state index in [-0.39, 0.29) is 17.2 Å². The molecule has 2 rings (SSSR count). The number of hydrogen-bond acceptors (Lipinski definition) is 4. The number of carboxylic acids is 1. The van der Waals surface area contributed by atoms with Gasteiger partial charge in [-0.15, -0.1) is 11.3 Å². The Kier molecular flexibility index (Phi) is 4.23. The van der Waals surface area contributed by atoms with Crippen LogP contribution in [0.3, 0.4) is 0 Å². The molecule has 1 aromatic heterocycles. The number of thiophene rings is 1. The van der Waals surface area contributed by atoms with Gasteiger partial charge in [0.25, 0.3) is 0 Å². The van der Waals surface area contributed by atoms with Gasteiger partial charge in [-0.25, -0.2) is 0 Å². The number of ether oxygens (including phenoxy) is 1. The van der Waals surface area contributed by atoms with Gasteiger partial charge >= 0.3 is 0 Å². The number of carbonyl (C=O) groups excluding carboxylic acids is 1. The predicted octanol–water partition coefficient (Wildman–Crippen LogP) is 3.42. The topological polar surface area (TPSA) is 49.4 Å². The van der Waals surface area contributed by atoms with E-state index in [4.69, 9.17) is 27.9 Å².